The fourth-order valence-electron chi connectivity index (χ4n) is 1.40. The molecule has 92 valence electrons. The summed E-state index contributed by atoms with van der Waals surface area (Å²) in [7, 11) is 0. The van der Waals surface area contributed by atoms with Crippen LogP contribution >= 0.6 is 22.9 Å². The molecule has 0 aliphatic heterocycles. The van der Waals surface area contributed by atoms with E-state index in [0.717, 1.165) is 10.9 Å². The largest absolute Gasteiger partial charge is 0.390 e. The van der Waals surface area contributed by atoms with E-state index in [1.807, 2.05) is 12.1 Å². The first kappa shape index (κ1) is 13.9. The first-order valence-electron chi connectivity index (χ1n) is 5.30. The molecule has 0 radical (unpaired) electrons. The van der Waals surface area contributed by atoms with Gasteiger partial charge in [-0.2, -0.15) is 0 Å². The van der Waals surface area contributed by atoms with Gasteiger partial charge >= 0.3 is 0 Å². The van der Waals surface area contributed by atoms with Crippen LogP contribution in [-0.2, 0) is 5.41 Å². The zero-order valence-electron chi connectivity index (χ0n) is 9.66. The number of hydrogen-bond acceptors (Lipinski definition) is 4. The molecule has 1 rings (SSSR count). The number of aliphatic hydroxyl groups excluding tert-OH is 1. The minimum atomic E-state index is -0.470. The molecule has 0 saturated carbocycles. The highest BCUT2D eigenvalue weighted by molar-refractivity contribution is 7.16. The quantitative estimate of drug-likeness (QED) is 0.730. The molecule has 0 aromatic carbocycles. The SMILES string of the molecule is CC(C)(CNCC(O)CN)c1ccc(Cl)s1. The van der Waals surface area contributed by atoms with E-state index < -0.39 is 6.10 Å². The zero-order chi connectivity index (χ0) is 12.2. The van der Waals surface area contributed by atoms with Crippen molar-refractivity contribution in [3.05, 3.63) is 21.3 Å². The molecule has 3 nitrogen and oxygen atoms in total. The lowest BCUT2D eigenvalue weighted by Gasteiger charge is -2.24. The van der Waals surface area contributed by atoms with Gasteiger partial charge in [-0.15, -0.1) is 11.3 Å². The highest BCUT2D eigenvalue weighted by Crippen LogP contribution is 2.31. The predicted molar refractivity (Wildman–Crippen MR) is 70.3 cm³/mol. The minimum absolute atomic E-state index is 0.0200. The average Bonchev–Trinajstić information content (AvgIpc) is 2.65. The van der Waals surface area contributed by atoms with E-state index in [4.69, 9.17) is 17.3 Å². The summed E-state index contributed by atoms with van der Waals surface area (Å²) in [5, 5.41) is 12.5. The van der Waals surface area contributed by atoms with Crippen LogP contribution in [0.15, 0.2) is 12.1 Å². The highest BCUT2D eigenvalue weighted by Gasteiger charge is 2.22. The Morgan fingerprint density at radius 2 is 2.25 bits per heavy atom. The van der Waals surface area contributed by atoms with Gasteiger partial charge in [0.15, 0.2) is 0 Å². The van der Waals surface area contributed by atoms with Crippen molar-refractivity contribution in [1.82, 2.24) is 5.32 Å². The molecule has 0 bridgehead atoms. The van der Waals surface area contributed by atoms with E-state index >= 15 is 0 Å². The van der Waals surface area contributed by atoms with Crippen LogP contribution in [0.4, 0.5) is 0 Å². The van der Waals surface area contributed by atoms with Crippen molar-refractivity contribution in [2.24, 2.45) is 5.73 Å². The summed E-state index contributed by atoms with van der Waals surface area (Å²) in [6.07, 6.45) is -0.470. The summed E-state index contributed by atoms with van der Waals surface area (Å²) in [6.45, 7) is 5.91. The van der Waals surface area contributed by atoms with Crippen LogP contribution in [0.1, 0.15) is 18.7 Å². The number of aliphatic hydroxyl groups is 1. The van der Waals surface area contributed by atoms with Crippen molar-refractivity contribution >= 4 is 22.9 Å². The smallest absolute Gasteiger partial charge is 0.0931 e. The van der Waals surface area contributed by atoms with Gasteiger partial charge in [0.05, 0.1) is 10.4 Å². The molecule has 5 heteroatoms. The lowest BCUT2D eigenvalue weighted by Crippen LogP contribution is -2.39. The third kappa shape index (κ3) is 4.03. The van der Waals surface area contributed by atoms with Gasteiger partial charge in [0, 0.05) is 29.9 Å². The van der Waals surface area contributed by atoms with E-state index in [9.17, 15) is 5.11 Å². The van der Waals surface area contributed by atoms with Crippen LogP contribution in [0.3, 0.4) is 0 Å². The van der Waals surface area contributed by atoms with Gasteiger partial charge in [-0.25, -0.2) is 0 Å². The molecule has 0 aliphatic rings. The van der Waals surface area contributed by atoms with Crippen molar-refractivity contribution in [2.75, 3.05) is 19.6 Å². The second-order valence-corrected chi connectivity index (χ2v) is 6.22. The summed E-state index contributed by atoms with van der Waals surface area (Å²) < 4.78 is 0.810. The summed E-state index contributed by atoms with van der Waals surface area (Å²) in [5.74, 6) is 0. The zero-order valence-corrected chi connectivity index (χ0v) is 11.2. The molecule has 0 amide bonds. The standard InChI is InChI=1S/C11H19ClN2OS/c1-11(2,7-14-6-8(15)5-13)9-3-4-10(12)16-9/h3-4,8,14-15H,5-7,13H2,1-2H3. The highest BCUT2D eigenvalue weighted by atomic mass is 35.5. The Balaban J connectivity index is 2.46. The van der Waals surface area contributed by atoms with Crippen LogP contribution in [-0.4, -0.2) is 30.8 Å². The maximum absolute atomic E-state index is 9.32. The average molecular weight is 263 g/mol. The molecule has 1 aromatic rings. The van der Waals surface area contributed by atoms with E-state index in [0.29, 0.717) is 6.54 Å². The molecule has 4 N–H and O–H groups in total. The van der Waals surface area contributed by atoms with Crippen molar-refractivity contribution in [3.63, 3.8) is 0 Å². The van der Waals surface area contributed by atoms with Crippen LogP contribution < -0.4 is 11.1 Å². The third-order valence-electron chi connectivity index (χ3n) is 2.46. The fraction of sp³-hybridized carbons (Fsp3) is 0.636. The van der Waals surface area contributed by atoms with Gasteiger partial charge in [-0.3, -0.25) is 0 Å². The Labute approximate surface area is 106 Å². The molecule has 1 unspecified atom stereocenters. The molecule has 0 aliphatic carbocycles. The van der Waals surface area contributed by atoms with Gasteiger partial charge in [-0.05, 0) is 12.1 Å². The van der Waals surface area contributed by atoms with Crippen molar-refractivity contribution in [1.29, 1.82) is 0 Å². The molecule has 1 heterocycles. The van der Waals surface area contributed by atoms with Gasteiger partial charge in [-0.1, -0.05) is 25.4 Å². The molecular formula is C11H19ClN2OS. The van der Waals surface area contributed by atoms with E-state index in [1.54, 1.807) is 11.3 Å². The Hall–Kier alpha value is -0.130. The lowest BCUT2D eigenvalue weighted by molar-refractivity contribution is 0.177. The number of hydrogen-bond donors (Lipinski definition) is 3. The van der Waals surface area contributed by atoms with Crippen molar-refractivity contribution in [2.45, 2.75) is 25.4 Å². The molecule has 1 aromatic heterocycles. The molecule has 0 fully saturated rings. The van der Waals surface area contributed by atoms with Crippen LogP contribution in [0.5, 0.6) is 0 Å². The number of rotatable bonds is 6. The van der Waals surface area contributed by atoms with E-state index in [1.165, 1.54) is 4.88 Å². The van der Waals surface area contributed by atoms with Gasteiger partial charge < -0.3 is 16.2 Å². The van der Waals surface area contributed by atoms with E-state index in [-0.39, 0.29) is 12.0 Å². The lowest BCUT2D eigenvalue weighted by atomic mass is 9.91. The second kappa shape index (κ2) is 5.98. The Kier molecular flexibility index (Phi) is 5.21. The number of nitrogens with two attached hydrogens (primary N) is 1. The Morgan fingerprint density at radius 1 is 1.56 bits per heavy atom. The number of thiophene rings is 1. The topological polar surface area (TPSA) is 58.3 Å². The van der Waals surface area contributed by atoms with E-state index in [2.05, 4.69) is 19.2 Å². The summed E-state index contributed by atoms with van der Waals surface area (Å²) >= 11 is 7.51. The monoisotopic (exact) mass is 262 g/mol. The van der Waals surface area contributed by atoms with Crippen LogP contribution in [0.2, 0.25) is 4.34 Å². The predicted octanol–water partition coefficient (Wildman–Crippen LogP) is 1.59. The summed E-state index contributed by atoms with van der Waals surface area (Å²) in [6, 6.07) is 3.96. The fourth-order valence-corrected chi connectivity index (χ4v) is 2.54. The first-order valence-corrected chi connectivity index (χ1v) is 6.50. The first-order chi connectivity index (χ1) is 7.45. The second-order valence-electron chi connectivity index (χ2n) is 4.51. The number of halogens is 1. The normalized spacial score (nSPS) is 14.1. The molecule has 1 atom stereocenters. The minimum Gasteiger partial charge on any atom is -0.390 e. The number of nitrogens with one attached hydrogen (secondary N) is 1. The maximum atomic E-state index is 9.32. The van der Waals surface area contributed by atoms with Gasteiger partial charge in [0.2, 0.25) is 0 Å². The van der Waals surface area contributed by atoms with Crippen LogP contribution in [0, 0.1) is 0 Å². The van der Waals surface area contributed by atoms with Gasteiger partial charge in [0.25, 0.3) is 0 Å². The Bertz CT molecular complexity index is 328. The summed E-state index contributed by atoms with van der Waals surface area (Å²) in [4.78, 5) is 1.24. The molecule has 0 spiro atoms. The van der Waals surface area contributed by atoms with Crippen molar-refractivity contribution in [3.8, 4) is 0 Å². The molecular weight excluding hydrogens is 244 g/mol. The Morgan fingerprint density at radius 3 is 2.75 bits per heavy atom. The van der Waals surface area contributed by atoms with Crippen molar-refractivity contribution < 1.29 is 5.11 Å². The van der Waals surface area contributed by atoms with Crippen LogP contribution in [0.25, 0.3) is 0 Å². The molecule has 0 saturated heterocycles. The maximum Gasteiger partial charge on any atom is 0.0931 e. The third-order valence-corrected chi connectivity index (χ3v) is 4.06. The summed E-state index contributed by atoms with van der Waals surface area (Å²) in [5.41, 5.74) is 5.35. The van der Waals surface area contributed by atoms with Gasteiger partial charge in [0.1, 0.15) is 0 Å². The molecule has 16 heavy (non-hydrogen) atoms.